The summed E-state index contributed by atoms with van der Waals surface area (Å²) in [7, 11) is 0. The summed E-state index contributed by atoms with van der Waals surface area (Å²) in [6.07, 6.45) is 3.41. The molecule has 1 aliphatic heterocycles. The van der Waals surface area contributed by atoms with Gasteiger partial charge < -0.3 is 4.98 Å². The molecule has 0 saturated carbocycles. The average Bonchev–Trinajstić information content (AvgIpc) is 2.73. The van der Waals surface area contributed by atoms with E-state index in [1.54, 1.807) is 6.07 Å². The molecule has 3 rings (SSSR count). The van der Waals surface area contributed by atoms with Gasteiger partial charge in [-0.2, -0.15) is 0 Å². The van der Waals surface area contributed by atoms with E-state index in [2.05, 4.69) is 15.3 Å². The third-order valence-corrected chi connectivity index (χ3v) is 3.01. The molecule has 0 bridgehead atoms. The maximum absolute atomic E-state index is 13.0. The Kier molecular flexibility index (Phi) is 2.36. The topological polar surface area (TPSA) is 42.8 Å². The predicted octanol–water partition coefficient (Wildman–Crippen LogP) is 2.53. The molecule has 0 spiro atoms. The first-order valence-corrected chi connectivity index (χ1v) is 5.65. The number of nitrogens with zero attached hydrogens (tertiary/aromatic N) is 2. The third-order valence-electron chi connectivity index (χ3n) is 3.01. The van der Waals surface area contributed by atoms with Crippen molar-refractivity contribution in [1.29, 1.82) is 0 Å². The summed E-state index contributed by atoms with van der Waals surface area (Å²) in [5, 5.41) is 4.53. The van der Waals surface area contributed by atoms with E-state index in [-0.39, 0.29) is 11.9 Å². The van der Waals surface area contributed by atoms with Crippen LogP contribution in [0.2, 0.25) is 0 Å². The van der Waals surface area contributed by atoms with E-state index in [1.807, 2.05) is 0 Å². The molecule has 16 heavy (non-hydrogen) atoms. The Bertz CT molecular complexity index is 500. The standard InChI is InChI=1S/C12H13FN3/c13-8-4-5-9-11(7-8)16-12(15-9)10-3-1-2-6-14-10/h4-5,7,10H,1-3,6H2,(H,15,16). The fourth-order valence-corrected chi connectivity index (χ4v) is 2.17. The molecule has 83 valence electrons. The second kappa shape index (κ2) is 3.87. The van der Waals surface area contributed by atoms with Gasteiger partial charge in [0.2, 0.25) is 0 Å². The van der Waals surface area contributed by atoms with E-state index in [9.17, 15) is 4.39 Å². The van der Waals surface area contributed by atoms with Crippen LogP contribution in [0.3, 0.4) is 0 Å². The second-order valence-corrected chi connectivity index (χ2v) is 4.20. The quantitative estimate of drug-likeness (QED) is 0.785. The Hall–Kier alpha value is -1.42. The number of hydrogen-bond donors (Lipinski definition) is 1. The van der Waals surface area contributed by atoms with Crippen LogP contribution in [0.5, 0.6) is 0 Å². The minimum absolute atomic E-state index is 0.171. The van der Waals surface area contributed by atoms with Crippen LogP contribution in [0, 0.1) is 5.82 Å². The fraction of sp³-hybridized carbons (Fsp3) is 0.417. The number of halogens is 1. The Balaban J connectivity index is 1.97. The molecular formula is C12H13FN3. The summed E-state index contributed by atoms with van der Waals surface area (Å²) < 4.78 is 13.0. The molecule has 1 aliphatic rings. The van der Waals surface area contributed by atoms with E-state index in [4.69, 9.17) is 0 Å². The first-order valence-electron chi connectivity index (χ1n) is 5.65. The minimum atomic E-state index is -0.244. The lowest BCUT2D eigenvalue weighted by molar-refractivity contribution is 0.391. The number of aromatic nitrogens is 2. The maximum atomic E-state index is 13.0. The van der Waals surface area contributed by atoms with Crippen LogP contribution in [-0.4, -0.2) is 16.5 Å². The van der Waals surface area contributed by atoms with Gasteiger partial charge in [0.15, 0.2) is 0 Å². The van der Waals surface area contributed by atoms with Crippen LogP contribution < -0.4 is 5.32 Å². The molecule has 0 aliphatic carbocycles. The molecule has 1 aromatic heterocycles. The molecule has 1 unspecified atom stereocenters. The zero-order chi connectivity index (χ0) is 11.0. The molecule has 3 nitrogen and oxygen atoms in total. The first kappa shape index (κ1) is 9.78. The summed E-state index contributed by atoms with van der Waals surface area (Å²) in [5.74, 6) is 0.631. The van der Waals surface area contributed by atoms with Gasteiger partial charge in [0.05, 0.1) is 17.1 Å². The lowest BCUT2D eigenvalue weighted by atomic mass is 10.0. The molecule has 1 fully saturated rings. The van der Waals surface area contributed by atoms with Gasteiger partial charge in [-0.25, -0.2) is 14.7 Å². The molecule has 1 radical (unpaired) electrons. The van der Waals surface area contributed by atoms with Gasteiger partial charge in [-0.15, -0.1) is 0 Å². The highest BCUT2D eigenvalue weighted by Gasteiger charge is 2.19. The van der Waals surface area contributed by atoms with Crippen LogP contribution >= 0.6 is 0 Å². The number of imidazole rings is 1. The summed E-state index contributed by atoms with van der Waals surface area (Å²) in [4.78, 5) is 7.63. The SMILES string of the molecule is Fc1ccc2[nH]c(C3CCCC[N]3)nc2c1. The number of benzene rings is 1. The van der Waals surface area contributed by atoms with Crippen LogP contribution in [0.15, 0.2) is 18.2 Å². The number of fused-ring (bicyclic) bond motifs is 1. The molecule has 1 atom stereocenters. The summed E-state index contributed by atoms with van der Waals surface area (Å²) in [6.45, 7) is 0.913. The number of piperidine rings is 1. The Morgan fingerprint density at radius 3 is 3.06 bits per heavy atom. The van der Waals surface area contributed by atoms with Crippen molar-refractivity contribution in [2.75, 3.05) is 6.54 Å². The molecule has 1 N–H and O–H groups in total. The summed E-state index contributed by atoms with van der Waals surface area (Å²) in [6, 6.07) is 4.80. The first-order chi connectivity index (χ1) is 7.83. The number of hydrogen-bond acceptors (Lipinski definition) is 1. The molecule has 2 heterocycles. The zero-order valence-corrected chi connectivity index (χ0v) is 8.91. The van der Waals surface area contributed by atoms with Gasteiger partial charge in [0, 0.05) is 12.6 Å². The van der Waals surface area contributed by atoms with Crippen molar-refractivity contribution in [3.05, 3.63) is 29.8 Å². The lowest BCUT2D eigenvalue weighted by Crippen LogP contribution is -2.21. The average molecular weight is 218 g/mol. The Morgan fingerprint density at radius 2 is 2.25 bits per heavy atom. The lowest BCUT2D eigenvalue weighted by Gasteiger charge is -2.19. The second-order valence-electron chi connectivity index (χ2n) is 4.20. The largest absolute Gasteiger partial charge is 0.341 e. The molecule has 2 aromatic rings. The van der Waals surface area contributed by atoms with Crippen LogP contribution in [-0.2, 0) is 0 Å². The molecular weight excluding hydrogens is 205 g/mol. The molecule has 1 aromatic carbocycles. The number of H-pyrrole nitrogens is 1. The molecule has 1 saturated heterocycles. The normalized spacial score (nSPS) is 21.4. The van der Waals surface area contributed by atoms with E-state index in [1.165, 1.54) is 25.0 Å². The van der Waals surface area contributed by atoms with E-state index in [0.29, 0.717) is 5.52 Å². The number of nitrogens with one attached hydrogen (secondary N) is 1. The van der Waals surface area contributed by atoms with Crippen molar-refractivity contribution in [2.24, 2.45) is 0 Å². The van der Waals surface area contributed by atoms with Crippen molar-refractivity contribution in [1.82, 2.24) is 15.3 Å². The van der Waals surface area contributed by atoms with E-state index in [0.717, 1.165) is 24.3 Å². The van der Waals surface area contributed by atoms with Crippen molar-refractivity contribution in [2.45, 2.75) is 25.3 Å². The summed E-state index contributed by atoms with van der Waals surface area (Å²) in [5.41, 5.74) is 1.58. The van der Waals surface area contributed by atoms with Crippen LogP contribution in [0.1, 0.15) is 31.1 Å². The van der Waals surface area contributed by atoms with Gasteiger partial charge >= 0.3 is 0 Å². The van der Waals surface area contributed by atoms with Crippen molar-refractivity contribution < 1.29 is 4.39 Å². The fourth-order valence-electron chi connectivity index (χ4n) is 2.17. The van der Waals surface area contributed by atoms with Gasteiger partial charge in [-0.05, 0) is 25.0 Å². The van der Waals surface area contributed by atoms with E-state index >= 15 is 0 Å². The third kappa shape index (κ3) is 1.69. The monoisotopic (exact) mass is 218 g/mol. The zero-order valence-electron chi connectivity index (χ0n) is 8.91. The highest BCUT2D eigenvalue weighted by atomic mass is 19.1. The van der Waals surface area contributed by atoms with E-state index < -0.39 is 0 Å². The number of rotatable bonds is 1. The molecule has 4 heteroatoms. The van der Waals surface area contributed by atoms with Crippen molar-refractivity contribution in [3.63, 3.8) is 0 Å². The van der Waals surface area contributed by atoms with Gasteiger partial charge in [0.25, 0.3) is 0 Å². The van der Waals surface area contributed by atoms with Crippen LogP contribution in [0.25, 0.3) is 11.0 Å². The maximum Gasteiger partial charge on any atom is 0.126 e. The van der Waals surface area contributed by atoms with Gasteiger partial charge in [0.1, 0.15) is 11.6 Å². The summed E-state index contributed by atoms with van der Waals surface area (Å²) >= 11 is 0. The van der Waals surface area contributed by atoms with Crippen molar-refractivity contribution in [3.8, 4) is 0 Å². The molecule has 0 amide bonds. The minimum Gasteiger partial charge on any atom is -0.341 e. The van der Waals surface area contributed by atoms with Gasteiger partial charge in [-0.1, -0.05) is 6.42 Å². The Labute approximate surface area is 93.1 Å². The Morgan fingerprint density at radius 1 is 1.31 bits per heavy atom. The van der Waals surface area contributed by atoms with Gasteiger partial charge in [-0.3, -0.25) is 0 Å². The number of aromatic amines is 1. The smallest absolute Gasteiger partial charge is 0.126 e. The van der Waals surface area contributed by atoms with Crippen molar-refractivity contribution >= 4 is 11.0 Å². The highest BCUT2D eigenvalue weighted by molar-refractivity contribution is 5.75. The predicted molar refractivity (Wildman–Crippen MR) is 59.6 cm³/mol. The van der Waals surface area contributed by atoms with Crippen LogP contribution in [0.4, 0.5) is 4.39 Å². The highest BCUT2D eigenvalue weighted by Crippen LogP contribution is 2.24.